The number of nitrogens with zero attached hydrogens (tertiary/aromatic N) is 2. The fraction of sp³-hybridized carbons (Fsp3) is 0.533. The molecule has 1 N–H and O–H groups in total. The zero-order valence-electron chi connectivity index (χ0n) is 11.9. The molecule has 1 aliphatic heterocycles. The molecule has 0 atom stereocenters. The molecule has 1 aromatic carbocycles. The number of fused-ring (bicyclic) bond motifs is 1. The first-order chi connectivity index (χ1) is 9.65. The number of piperidine rings is 1. The van der Waals surface area contributed by atoms with Crippen molar-refractivity contribution in [2.75, 3.05) is 13.1 Å². The van der Waals surface area contributed by atoms with Crippen LogP contribution in [-0.4, -0.2) is 28.7 Å². The molecule has 1 aliphatic rings. The SMILES string of the molecule is CC(C)Oc1nc2cc(F)ccc2n1C1CCNCC1. The average molecular weight is 277 g/mol. The van der Waals surface area contributed by atoms with Crippen molar-refractivity contribution in [1.29, 1.82) is 0 Å². The zero-order valence-corrected chi connectivity index (χ0v) is 11.9. The van der Waals surface area contributed by atoms with Crippen LogP contribution in [0, 0.1) is 5.82 Å². The lowest BCUT2D eigenvalue weighted by Crippen LogP contribution is -2.30. The van der Waals surface area contributed by atoms with Gasteiger partial charge in [-0.05, 0) is 51.9 Å². The van der Waals surface area contributed by atoms with E-state index < -0.39 is 0 Å². The summed E-state index contributed by atoms with van der Waals surface area (Å²) < 4.78 is 21.3. The molecule has 4 nitrogen and oxygen atoms in total. The van der Waals surface area contributed by atoms with Crippen molar-refractivity contribution in [3.8, 4) is 6.01 Å². The average Bonchev–Trinajstić information content (AvgIpc) is 2.75. The molecule has 1 saturated heterocycles. The van der Waals surface area contributed by atoms with Crippen LogP contribution < -0.4 is 10.1 Å². The van der Waals surface area contributed by atoms with E-state index in [0.717, 1.165) is 31.4 Å². The first-order valence-electron chi connectivity index (χ1n) is 7.20. The number of hydrogen-bond acceptors (Lipinski definition) is 3. The third-order valence-electron chi connectivity index (χ3n) is 3.63. The molecule has 3 rings (SSSR count). The number of halogens is 1. The predicted octanol–water partition coefficient (Wildman–Crippen LogP) is 2.89. The topological polar surface area (TPSA) is 39.1 Å². The smallest absolute Gasteiger partial charge is 0.297 e. The fourth-order valence-electron chi connectivity index (χ4n) is 2.76. The highest BCUT2D eigenvalue weighted by molar-refractivity contribution is 5.77. The van der Waals surface area contributed by atoms with Crippen LogP contribution in [0.3, 0.4) is 0 Å². The predicted molar refractivity (Wildman–Crippen MR) is 76.6 cm³/mol. The minimum Gasteiger partial charge on any atom is -0.462 e. The lowest BCUT2D eigenvalue weighted by Gasteiger charge is -2.26. The van der Waals surface area contributed by atoms with Gasteiger partial charge in [0.1, 0.15) is 5.82 Å². The van der Waals surface area contributed by atoms with Gasteiger partial charge < -0.3 is 10.1 Å². The Kier molecular flexibility index (Phi) is 3.61. The van der Waals surface area contributed by atoms with Crippen molar-refractivity contribution < 1.29 is 9.13 Å². The molecular weight excluding hydrogens is 257 g/mol. The standard InChI is InChI=1S/C15H20FN3O/c1-10(2)20-15-18-13-9-11(16)3-4-14(13)19(15)12-5-7-17-8-6-12/h3-4,9-10,12,17H,5-8H2,1-2H3. The highest BCUT2D eigenvalue weighted by atomic mass is 19.1. The van der Waals surface area contributed by atoms with E-state index in [1.807, 2.05) is 13.8 Å². The van der Waals surface area contributed by atoms with Crippen LogP contribution in [0.1, 0.15) is 32.7 Å². The number of nitrogens with one attached hydrogen (secondary N) is 1. The van der Waals surface area contributed by atoms with E-state index in [1.54, 1.807) is 6.07 Å². The molecular formula is C15H20FN3O. The minimum absolute atomic E-state index is 0.0529. The largest absolute Gasteiger partial charge is 0.462 e. The summed E-state index contributed by atoms with van der Waals surface area (Å²) >= 11 is 0. The Hall–Kier alpha value is -1.62. The monoisotopic (exact) mass is 277 g/mol. The molecule has 0 saturated carbocycles. The second-order valence-corrected chi connectivity index (χ2v) is 5.55. The molecule has 0 bridgehead atoms. The molecule has 108 valence electrons. The normalized spacial score (nSPS) is 17.0. The molecule has 0 spiro atoms. The van der Waals surface area contributed by atoms with E-state index >= 15 is 0 Å². The third-order valence-corrected chi connectivity index (χ3v) is 3.63. The van der Waals surface area contributed by atoms with Gasteiger partial charge in [0.05, 0.1) is 17.1 Å². The van der Waals surface area contributed by atoms with Crippen LogP contribution in [0.15, 0.2) is 18.2 Å². The second kappa shape index (κ2) is 5.40. The summed E-state index contributed by atoms with van der Waals surface area (Å²) in [6, 6.07) is 5.72. The van der Waals surface area contributed by atoms with Gasteiger partial charge in [0.25, 0.3) is 6.01 Å². The first kappa shape index (κ1) is 13.4. The highest BCUT2D eigenvalue weighted by Crippen LogP contribution is 2.31. The van der Waals surface area contributed by atoms with Crippen LogP contribution in [0.4, 0.5) is 4.39 Å². The van der Waals surface area contributed by atoms with E-state index in [0.29, 0.717) is 17.6 Å². The summed E-state index contributed by atoms with van der Waals surface area (Å²) in [5, 5.41) is 3.36. The second-order valence-electron chi connectivity index (χ2n) is 5.55. The maximum atomic E-state index is 13.4. The summed E-state index contributed by atoms with van der Waals surface area (Å²) in [5.41, 5.74) is 1.62. The minimum atomic E-state index is -0.261. The van der Waals surface area contributed by atoms with Crippen LogP contribution in [0.2, 0.25) is 0 Å². The molecule has 0 amide bonds. The summed E-state index contributed by atoms with van der Waals surface area (Å²) in [7, 11) is 0. The maximum absolute atomic E-state index is 13.4. The number of benzene rings is 1. The fourth-order valence-corrected chi connectivity index (χ4v) is 2.76. The number of rotatable bonds is 3. The Morgan fingerprint density at radius 2 is 2.10 bits per heavy atom. The van der Waals surface area contributed by atoms with Gasteiger partial charge in [-0.3, -0.25) is 4.57 Å². The summed E-state index contributed by atoms with van der Waals surface area (Å²) in [5.74, 6) is -0.261. The lowest BCUT2D eigenvalue weighted by molar-refractivity contribution is 0.201. The molecule has 0 radical (unpaired) electrons. The van der Waals surface area contributed by atoms with Crippen molar-refractivity contribution in [1.82, 2.24) is 14.9 Å². The molecule has 2 heterocycles. The molecule has 20 heavy (non-hydrogen) atoms. The molecule has 0 unspecified atom stereocenters. The Balaban J connectivity index is 2.09. The maximum Gasteiger partial charge on any atom is 0.297 e. The first-order valence-corrected chi connectivity index (χ1v) is 7.20. The van der Waals surface area contributed by atoms with Gasteiger partial charge in [-0.1, -0.05) is 0 Å². The van der Waals surface area contributed by atoms with Gasteiger partial charge in [0, 0.05) is 12.1 Å². The molecule has 1 aromatic heterocycles. The van der Waals surface area contributed by atoms with E-state index in [2.05, 4.69) is 14.9 Å². The van der Waals surface area contributed by atoms with Crippen LogP contribution in [0.25, 0.3) is 11.0 Å². The number of ether oxygens (including phenoxy) is 1. The highest BCUT2D eigenvalue weighted by Gasteiger charge is 2.22. The van der Waals surface area contributed by atoms with Gasteiger partial charge >= 0.3 is 0 Å². The molecule has 2 aromatic rings. The van der Waals surface area contributed by atoms with Crippen molar-refractivity contribution >= 4 is 11.0 Å². The van der Waals surface area contributed by atoms with Gasteiger partial charge in [0.2, 0.25) is 0 Å². The summed E-state index contributed by atoms with van der Waals surface area (Å²) in [6.07, 6.45) is 2.13. The van der Waals surface area contributed by atoms with Gasteiger partial charge in [0.15, 0.2) is 0 Å². The molecule has 5 heteroatoms. The molecule has 1 fully saturated rings. The van der Waals surface area contributed by atoms with E-state index in [4.69, 9.17) is 4.74 Å². The van der Waals surface area contributed by atoms with E-state index in [1.165, 1.54) is 12.1 Å². The Bertz CT molecular complexity index is 602. The summed E-state index contributed by atoms with van der Waals surface area (Å²) in [4.78, 5) is 4.47. The summed E-state index contributed by atoms with van der Waals surface area (Å²) in [6.45, 7) is 5.94. The van der Waals surface area contributed by atoms with Crippen molar-refractivity contribution in [3.63, 3.8) is 0 Å². The third kappa shape index (κ3) is 2.50. The van der Waals surface area contributed by atoms with E-state index in [9.17, 15) is 4.39 Å². The molecule has 0 aliphatic carbocycles. The van der Waals surface area contributed by atoms with E-state index in [-0.39, 0.29) is 11.9 Å². The Labute approximate surface area is 117 Å². The Morgan fingerprint density at radius 1 is 1.35 bits per heavy atom. The number of hydrogen-bond donors (Lipinski definition) is 1. The number of imidazole rings is 1. The van der Waals surface area contributed by atoms with Gasteiger partial charge in [-0.2, -0.15) is 4.98 Å². The lowest BCUT2D eigenvalue weighted by atomic mass is 10.1. The van der Waals surface area contributed by atoms with Crippen molar-refractivity contribution in [3.05, 3.63) is 24.0 Å². The van der Waals surface area contributed by atoms with Gasteiger partial charge in [-0.15, -0.1) is 0 Å². The van der Waals surface area contributed by atoms with Gasteiger partial charge in [-0.25, -0.2) is 4.39 Å². The Morgan fingerprint density at radius 3 is 2.80 bits per heavy atom. The quantitative estimate of drug-likeness (QED) is 0.937. The number of aromatic nitrogens is 2. The van der Waals surface area contributed by atoms with Crippen LogP contribution in [-0.2, 0) is 0 Å². The van der Waals surface area contributed by atoms with Crippen LogP contribution >= 0.6 is 0 Å². The van der Waals surface area contributed by atoms with Crippen molar-refractivity contribution in [2.24, 2.45) is 0 Å². The van der Waals surface area contributed by atoms with Crippen molar-refractivity contribution in [2.45, 2.75) is 38.8 Å². The zero-order chi connectivity index (χ0) is 14.1. The van der Waals surface area contributed by atoms with Crippen LogP contribution in [0.5, 0.6) is 6.01 Å².